The average Bonchev–Trinajstić information content (AvgIpc) is 2.69. The Kier molecular flexibility index (Phi) is 15.4. The number of benzene rings is 1. The molecular formula is C23H31F12MoNO2. The van der Waals surface area contributed by atoms with Gasteiger partial charge in [0, 0.05) is 0 Å². The van der Waals surface area contributed by atoms with Crippen molar-refractivity contribution < 1.29 is 80.8 Å². The molecule has 0 aliphatic rings. The molecule has 2 N–H and O–H groups in total. The monoisotopic (exact) mass is 679 g/mol. The van der Waals surface area contributed by atoms with E-state index in [9.17, 15) is 52.7 Å². The largest absolute Gasteiger partial charge is 0.423 e. The van der Waals surface area contributed by atoms with Gasteiger partial charge in [-0.05, 0) is 0 Å². The predicted molar refractivity (Wildman–Crippen MR) is 118 cm³/mol. The van der Waals surface area contributed by atoms with Crippen LogP contribution >= 0.6 is 0 Å². The summed E-state index contributed by atoms with van der Waals surface area (Å²) in [6.45, 7) is 15.8. The molecule has 1 rings (SSSR count). The molecule has 0 amide bonds. The van der Waals surface area contributed by atoms with Crippen LogP contribution in [0.1, 0.15) is 71.4 Å². The minimum atomic E-state index is -5.63. The molecule has 0 radical (unpaired) electrons. The zero-order valence-electron chi connectivity index (χ0n) is 21.9. The van der Waals surface area contributed by atoms with Gasteiger partial charge in [0.05, 0.1) is 0 Å². The summed E-state index contributed by atoms with van der Waals surface area (Å²) >= 11 is -0.415. The summed E-state index contributed by atoms with van der Waals surface area (Å²) in [4.78, 5) is 0. The van der Waals surface area contributed by atoms with Gasteiger partial charge in [0.1, 0.15) is 0 Å². The molecule has 0 aliphatic carbocycles. The number of alkyl halides is 12. The second-order valence-electron chi connectivity index (χ2n) is 9.75. The Morgan fingerprint density at radius 3 is 1.10 bits per heavy atom. The SMILES string of the molecule is CC(C)c1cccc(C(C)C)c1[N]=[Mo]=[CH]C(C)(C)C.OC(C(F)(F)F)C(F)(F)F.OC(C(F)(F)F)C(F)(F)F. The van der Waals surface area contributed by atoms with Crippen molar-refractivity contribution in [3.8, 4) is 0 Å². The van der Waals surface area contributed by atoms with Crippen LogP contribution in [0.2, 0.25) is 0 Å². The molecule has 230 valence electrons. The van der Waals surface area contributed by atoms with Gasteiger partial charge in [0.2, 0.25) is 12.2 Å². The van der Waals surface area contributed by atoms with Gasteiger partial charge < -0.3 is 10.2 Å². The molecule has 0 saturated heterocycles. The van der Waals surface area contributed by atoms with Gasteiger partial charge in [-0.25, -0.2) is 0 Å². The minimum absolute atomic E-state index is 0.288. The van der Waals surface area contributed by atoms with Crippen LogP contribution in [0.25, 0.3) is 0 Å². The Bertz CT molecular complexity index is 853. The third-order valence-electron chi connectivity index (χ3n) is 4.13. The fraction of sp³-hybridized carbons (Fsp3) is 0.696. The molecule has 0 spiro atoms. The van der Waals surface area contributed by atoms with Crippen LogP contribution in [0.4, 0.5) is 58.4 Å². The van der Waals surface area contributed by atoms with Crippen molar-refractivity contribution >= 4 is 10.1 Å². The maximum absolute atomic E-state index is 11.0. The van der Waals surface area contributed by atoms with Crippen LogP contribution in [-0.4, -0.2) is 51.5 Å². The molecule has 0 atom stereocenters. The topological polar surface area (TPSA) is 52.8 Å². The van der Waals surface area contributed by atoms with Gasteiger partial charge in [0.15, 0.2) is 0 Å². The first-order valence-electron chi connectivity index (χ1n) is 11.0. The van der Waals surface area contributed by atoms with Gasteiger partial charge in [0.25, 0.3) is 0 Å². The van der Waals surface area contributed by atoms with Crippen LogP contribution in [-0.2, 0) is 17.9 Å². The van der Waals surface area contributed by atoms with E-state index in [1.54, 1.807) is 0 Å². The summed E-state index contributed by atoms with van der Waals surface area (Å²) in [5.74, 6) is 1.08. The Labute approximate surface area is 226 Å². The van der Waals surface area contributed by atoms with Gasteiger partial charge in [-0.3, -0.25) is 0 Å². The van der Waals surface area contributed by atoms with E-state index in [2.05, 4.69) is 71.1 Å². The minimum Gasteiger partial charge on any atom is -0.377 e. The van der Waals surface area contributed by atoms with Crippen LogP contribution in [0, 0.1) is 5.41 Å². The van der Waals surface area contributed by atoms with Crippen molar-refractivity contribution in [3.05, 3.63) is 29.3 Å². The van der Waals surface area contributed by atoms with Gasteiger partial charge >= 0.3 is 151 Å². The number of hydrogen-bond donors (Lipinski definition) is 2. The Hall–Kier alpha value is -1.34. The first-order valence-corrected chi connectivity index (χ1v) is 13.1. The molecule has 1 aromatic carbocycles. The van der Waals surface area contributed by atoms with Gasteiger partial charge in [-0.2, -0.15) is 52.7 Å². The summed E-state index contributed by atoms with van der Waals surface area (Å²) in [6, 6.07) is 6.65. The Morgan fingerprint density at radius 2 is 0.923 bits per heavy atom. The molecule has 16 heteroatoms. The van der Waals surface area contributed by atoms with Crippen molar-refractivity contribution in [2.45, 2.75) is 97.2 Å². The van der Waals surface area contributed by atoms with E-state index in [1.807, 2.05) is 0 Å². The summed E-state index contributed by atoms with van der Waals surface area (Å²) in [7, 11) is 0. The second-order valence-corrected chi connectivity index (χ2v) is 11.3. The molecule has 0 saturated carbocycles. The normalized spacial score (nSPS) is 13.2. The van der Waals surface area contributed by atoms with Crippen molar-refractivity contribution in [3.63, 3.8) is 0 Å². The molecular weight excluding hydrogens is 646 g/mol. The number of hydrogen-bond acceptors (Lipinski definition) is 3. The Morgan fingerprint density at radius 1 is 0.641 bits per heavy atom. The zero-order chi connectivity index (χ0) is 31.8. The third-order valence-corrected chi connectivity index (χ3v) is 6.84. The van der Waals surface area contributed by atoms with E-state index in [4.69, 9.17) is 13.7 Å². The van der Waals surface area contributed by atoms with E-state index in [0.717, 1.165) is 0 Å². The number of aliphatic hydroxyl groups excluding tert-OH is 2. The Balaban J connectivity index is 0. The molecule has 0 bridgehead atoms. The smallest absolute Gasteiger partial charge is 0.377 e. The standard InChI is InChI=1S/C12H17N.C5H10.2C3H2F6O.Mo/c1-8(2)10-6-5-7-11(9(3)4)12(10)13;1-5(2,3)4;2*4-2(5,6)1(10)3(7,8)9;/h5-9H,1-4H3;1H,2-4H3;2*1,10H;. The third kappa shape index (κ3) is 16.5. The fourth-order valence-electron chi connectivity index (χ4n) is 2.23. The predicted octanol–water partition coefficient (Wildman–Crippen LogP) is 8.62. The van der Waals surface area contributed by atoms with Crippen LogP contribution in [0.3, 0.4) is 0 Å². The number of rotatable bonds is 3. The van der Waals surface area contributed by atoms with E-state index >= 15 is 0 Å². The van der Waals surface area contributed by atoms with Crippen LogP contribution in [0.15, 0.2) is 21.7 Å². The molecule has 0 unspecified atom stereocenters. The molecule has 39 heavy (non-hydrogen) atoms. The molecule has 0 aliphatic heterocycles. The van der Waals surface area contributed by atoms with E-state index in [1.165, 1.54) is 16.8 Å². The number of halogens is 12. The van der Waals surface area contributed by atoms with E-state index in [0.29, 0.717) is 11.8 Å². The van der Waals surface area contributed by atoms with Crippen LogP contribution < -0.4 is 0 Å². The first kappa shape index (κ1) is 39.8. The molecule has 0 aromatic heterocycles. The van der Waals surface area contributed by atoms with Crippen molar-refractivity contribution in [1.29, 1.82) is 0 Å². The summed E-state index contributed by atoms with van der Waals surface area (Å²) < 4.78 is 139. The maximum atomic E-state index is 11.0. The van der Waals surface area contributed by atoms with Crippen LogP contribution in [0.5, 0.6) is 0 Å². The average molecular weight is 677 g/mol. The molecule has 1 aromatic rings. The summed E-state index contributed by atoms with van der Waals surface area (Å²) in [6.07, 6.45) is -31.0. The van der Waals surface area contributed by atoms with Crippen molar-refractivity contribution in [2.75, 3.05) is 0 Å². The molecule has 0 fully saturated rings. The molecule has 3 nitrogen and oxygen atoms in total. The fourth-order valence-corrected chi connectivity index (χ4v) is 3.91. The quantitative estimate of drug-likeness (QED) is 0.249. The van der Waals surface area contributed by atoms with E-state index < -0.39 is 54.8 Å². The van der Waals surface area contributed by atoms with Crippen molar-refractivity contribution in [1.82, 2.24) is 0 Å². The van der Waals surface area contributed by atoms with E-state index in [-0.39, 0.29) is 5.41 Å². The first-order chi connectivity index (χ1) is 17.0. The summed E-state index contributed by atoms with van der Waals surface area (Å²) in [5, 5.41) is 14.9. The molecule has 0 heterocycles. The number of aliphatic hydroxyl groups is 2. The second kappa shape index (κ2) is 15.0. The number of nitrogens with zero attached hydrogens (tertiary/aromatic N) is 1. The zero-order valence-corrected chi connectivity index (χ0v) is 23.9. The van der Waals surface area contributed by atoms with Gasteiger partial charge in [-0.1, -0.05) is 0 Å². The summed E-state index contributed by atoms with van der Waals surface area (Å²) in [5.41, 5.74) is 4.36. The van der Waals surface area contributed by atoms with Gasteiger partial charge in [-0.15, -0.1) is 0 Å². The maximum Gasteiger partial charge on any atom is 0.423 e. The van der Waals surface area contributed by atoms with Crippen molar-refractivity contribution in [2.24, 2.45) is 8.91 Å².